The van der Waals surface area contributed by atoms with Gasteiger partial charge < -0.3 is 24.8 Å². The molecule has 0 unspecified atom stereocenters. The zero-order valence-electron chi connectivity index (χ0n) is 16.0. The van der Waals surface area contributed by atoms with Crippen molar-refractivity contribution in [2.24, 2.45) is 10.4 Å². The molecule has 0 amide bonds. The first-order valence-corrected chi connectivity index (χ1v) is 9.57. The van der Waals surface area contributed by atoms with Gasteiger partial charge in [-0.25, -0.2) is 0 Å². The lowest BCUT2D eigenvalue weighted by atomic mass is 9.83. The molecule has 1 aromatic carbocycles. The number of hydrogen-bond acceptors (Lipinski definition) is 4. The normalized spacial score (nSPS) is 18.2. The van der Waals surface area contributed by atoms with E-state index in [-0.39, 0.29) is 0 Å². The second-order valence-electron chi connectivity index (χ2n) is 7.24. The fourth-order valence-electron chi connectivity index (χ4n) is 3.87. The van der Waals surface area contributed by atoms with E-state index in [0.717, 1.165) is 50.0 Å². The highest BCUT2D eigenvalue weighted by molar-refractivity contribution is 5.79. The fraction of sp³-hybridized carbons (Fsp3) is 0.650. The van der Waals surface area contributed by atoms with Crippen molar-refractivity contribution in [1.29, 1.82) is 0 Å². The van der Waals surface area contributed by atoms with Gasteiger partial charge in [0.1, 0.15) is 0 Å². The van der Waals surface area contributed by atoms with Gasteiger partial charge in [0.25, 0.3) is 0 Å². The monoisotopic (exact) mass is 361 g/mol. The molecule has 1 heterocycles. The first kappa shape index (κ1) is 18.8. The van der Waals surface area contributed by atoms with Crippen LogP contribution in [0.25, 0.3) is 0 Å². The van der Waals surface area contributed by atoms with Gasteiger partial charge in [-0.1, -0.05) is 18.9 Å². The summed E-state index contributed by atoms with van der Waals surface area (Å²) in [6.07, 6.45) is 7.22. The van der Waals surface area contributed by atoms with Crippen LogP contribution in [0.3, 0.4) is 0 Å². The first-order valence-electron chi connectivity index (χ1n) is 9.57. The summed E-state index contributed by atoms with van der Waals surface area (Å²) >= 11 is 0. The Morgan fingerprint density at radius 2 is 2.00 bits per heavy atom. The molecule has 0 spiro atoms. The minimum atomic E-state index is 0.318. The average molecular weight is 361 g/mol. The third kappa shape index (κ3) is 4.81. The van der Waals surface area contributed by atoms with Crippen molar-refractivity contribution in [3.05, 3.63) is 23.8 Å². The molecule has 0 bridgehead atoms. The van der Waals surface area contributed by atoms with Crippen LogP contribution in [0.2, 0.25) is 0 Å². The molecule has 1 fully saturated rings. The molecule has 2 N–H and O–H groups in total. The molecule has 0 aromatic heterocycles. The van der Waals surface area contributed by atoms with Crippen LogP contribution >= 0.6 is 0 Å². The lowest BCUT2D eigenvalue weighted by Gasteiger charge is -2.30. The Bertz CT molecular complexity index is 612. The van der Waals surface area contributed by atoms with Gasteiger partial charge in [0.05, 0.1) is 0 Å². The topological polar surface area (TPSA) is 64.1 Å². The molecule has 0 saturated heterocycles. The van der Waals surface area contributed by atoms with Gasteiger partial charge in [-0.2, -0.15) is 0 Å². The standard InChI is InChI=1S/C20H31N3O3/c1-21-19(23-14-20(10-12-24-2)8-3-4-9-20)22-11-7-16-5-6-17-18(13-16)26-15-25-17/h5-6,13H,3-4,7-12,14-15H2,1-2H3,(H2,21,22,23). The lowest BCUT2D eigenvalue weighted by Crippen LogP contribution is -2.43. The Morgan fingerprint density at radius 1 is 1.19 bits per heavy atom. The molecule has 1 aromatic rings. The average Bonchev–Trinajstić information content (AvgIpc) is 3.32. The summed E-state index contributed by atoms with van der Waals surface area (Å²) in [5.41, 5.74) is 1.58. The number of aliphatic imine (C=N–C) groups is 1. The van der Waals surface area contributed by atoms with Crippen LogP contribution in [-0.4, -0.2) is 46.6 Å². The van der Waals surface area contributed by atoms with E-state index < -0.39 is 0 Å². The van der Waals surface area contributed by atoms with E-state index in [9.17, 15) is 0 Å². The zero-order valence-corrected chi connectivity index (χ0v) is 16.0. The van der Waals surface area contributed by atoms with Crippen LogP contribution in [0, 0.1) is 5.41 Å². The number of guanidine groups is 1. The van der Waals surface area contributed by atoms with Gasteiger partial charge in [-0.15, -0.1) is 0 Å². The molecule has 1 aliphatic carbocycles. The molecular weight excluding hydrogens is 330 g/mol. The molecule has 6 nitrogen and oxygen atoms in total. The number of fused-ring (bicyclic) bond motifs is 1. The van der Waals surface area contributed by atoms with Crippen LogP contribution in [0.5, 0.6) is 11.5 Å². The Kier molecular flexibility index (Phi) is 6.61. The summed E-state index contributed by atoms with van der Waals surface area (Å²) in [6, 6.07) is 6.12. The van der Waals surface area contributed by atoms with Gasteiger partial charge in [0.15, 0.2) is 17.5 Å². The highest BCUT2D eigenvalue weighted by Crippen LogP contribution is 2.40. The molecule has 0 atom stereocenters. The molecule has 0 radical (unpaired) electrons. The van der Waals surface area contributed by atoms with E-state index in [1.54, 1.807) is 7.11 Å². The second-order valence-corrected chi connectivity index (χ2v) is 7.24. The molecule has 144 valence electrons. The van der Waals surface area contributed by atoms with Crippen molar-refractivity contribution in [1.82, 2.24) is 10.6 Å². The van der Waals surface area contributed by atoms with Crippen LogP contribution in [0.15, 0.2) is 23.2 Å². The van der Waals surface area contributed by atoms with E-state index >= 15 is 0 Å². The number of rotatable bonds is 8. The summed E-state index contributed by atoms with van der Waals surface area (Å²) in [6.45, 7) is 2.93. The van der Waals surface area contributed by atoms with Crippen molar-refractivity contribution >= 4 is 5.96 Å². The zero-order chi connectivity index (χ0) is 18.2. The van der Waals surface area contributed by atoms with E-state index in [1.165, 1.54) is 31.2 Å². The highest BCUT2D eigenvalue weighted by atomic mass is 16.7. The van der Waals surface area contributed by atoms with Crippen LogP contribution in [-0.2, 0) is 11.2 Å². The summed E-state index contributed by atoms with van der Waals surface area (Å²) < 4.78 is 16.1. The highest BCUT2D eigenvalue weighted by Gasteiger charge is 2.33. The lowest BCUT2D eigenvalue weighted by molar-refractivity contribution is 0.138. The number of nitrogens with one attached hydrogen (secondary N) is 2. The van der Waals surface area contributed by atoms with Gasteiger partial charge in [-0.3, -0.25) is 4.99 Å². The van der Waals surface area contributed by atoms with Gasteiger partial charge in [0.2, 0.25) is 6.79 Å². The Labute approximate surface area is 156 Å². The number of hydrogen-bond donors (Lipinski definition) is 2. The van der Waals surface area contributed by atoms with Crippen LogP contribution in [0.1, 0.15) is 37.7 Å². The largest absolute Gasteiger partial charge is 0.454 e. The number of methoxy groups -OCH3 is 1. The molecule has 2 aliphatic rings. The predicted octanol–water partition coefficient (Wildman–Crippen LogP) is 2.72. The van der Waals surface area contributed by atoms with E-state index in [2.05, 4.69) is 27.8 Å². The third-order valence-corrected chi connectivity index (χ3v) is 5.50. The number of benzene rings is 1. The summed E-state index contributed by atoms with van der Waals surface area (Å²) in [4.78, 5) is 4.37. The van der Waals surface area contributed by atoms with E-state index in [1.807, 2.05) is 13.1 Å². The molecule has 6 heteroatoms. The summed E-state index contributed by atoms with van der Waals surface area (Å²) in [5.74, 6) is 2.54. The maximum atomic E-state index is 5.44. The van der Waals surface area contributed by atoms with Crippen molar-refractivity contribution in [3.63, 3.8) is 0 Å². The van der Waals surface area contributed by atoms with Gasteiger partial charge >= 0.3 is 0 Å². The Hall–Kier alpha value is -1.95. The van der Waals surface area contributed by atoms with Crippen molar-refractivity contribution in [2.75, 3.05) is 40.6 Å². The minimum absolute atomic E-state index is 0.318. The first-order chi connectivity index (χ1) is 12.7. The number of nitrogens with zero attached hydrogens (tertiary/aromatic N) is 1. The molecular formula is C20H31N3O3. The number of ether oxygens (including phenoxy) is 3. The Morgan fingerprint density at radius 3 is 2.77 bits per heavy atom. The van der Waals surface area contributed by atoms with Crippen molar-refractivity contribution < 1.29 is 14.2 Å². The molecule has 1 aliphatic heterocycles. The Balaban J connectivity index is 1.44. The maximum Gasteiger partial charge on any atom is 0.231 e. The molecule has 26 heavy (non-hydrogen) atoms. The fourth-order valence-corrected chi connectivity index (χ4v) is 3.87. The van der Waals surface area contributed by atoms with Crippen molar-refractivity contribution in [2.45, 2.75) is 38.5 Å². The second kappa shape index (κ2) is 9.12. The predicted molar refractivity (Wildman–Crippen MR) is 103 cm³/mol. The third-order valence-electron chi connectivity index (χ3n) is 5.50. The van der Waals surface area contributed by atoms with Crippen molar-refractivity contribution in [3.8, 4) is 11.5 Å². The van der Waals surface area contributed by atoms with Gasteiger partial charge in [-0.05, 0) is 48.8 Å². The SMILES string of the molecule is CN=C(NCCc1ccc2c(c1)OCO2)NCC1(CCOC)CCCC1. The van der Waals surface area contributed by atoms with E-state index in [4.69, 9.17) is 14.2 Å². The minimum Gasteiger partial charge on any atom is -0.454 e. The smallest absolute Gasteiger partial charge is 0.231 e. The molecule has 3 rings (SSSR count). The molecule has 1 saturated carbocycles. The summed E-state index contributed by atoms with van der Waals surface area (Å²) in [7, 11) is 3.61. The van der Waals surface area contributed by atoms with Gasteiger partial charge in [0, 0.05) is 33.9 Å². The van der Waals surface area contributed by atoms with Crippen LogP contribution in [0.4, 0.5) is 0 Å². The van der Waals surface area contributed by atoms with Crippen LogP contribution < -0.4 is 20.1 Å². The quantitative estimate of drug-likeness (QED) is 0.551. The summed E-state index contributed by atoms with van der Waals surface area (Å²) in [5, 5.41) is 6.95. The van der Waals surface area contributed by atoms with E-state index in [0.29, 0.717) is 12.2 Å². The maximum absolute atomic E-state index is 5.44.